The normalized spacial score (nSPS) is 18.9. The molecule has 0 spiro atoms. The van der Waals surface area contributed by atoms with Gasteiger partial charge in [-0.1, -0.05) is 0 Å². The lowest BCUT2D eigenvalue weighted by atomic mass is 10.0. The summed E-state index contributed by atoms with van der Waals surface area (Å²) < 4.78 is 0. The highest BCUT2D eigenvalue weighted by Crippen LogP contribution is 2.37. The average Bonchev–Trinajstić information content (AvgIpc) is 3.04. The van der Waals surface area contributed by atoms with Gasteiger partial charge in [0.25, 0.3) is 0 Å². The van der Waals surface area contributed by atoms with Gasteiger partial charge < -0.3 is 10.2 Å². The molecule has 2 aromatic rings. The van der Waals surface area contributed by atoms with Crippen LogP contribution in [0.4, 0.5) is 5.13 Å². The Morgan fingerprint density at radius 3 is 3.00 bits per heavy atom. The molecule has 0 fully saturated rings. The van der Waals surface area contributed by atoms with Crippen LogP contribution in [0.15, 0.2) is 17.6 Å². The van der Waals surface area contributed by atoms with Crippen LogP contribution in [0, 0.1) is 0 Å². The van der Waals surface area contributed by atoms with Gasteiger partial charge >= 0.3 is 0 Å². The number of rotatable bonds is 3. The molecule has 3 nitrogen and oxygen atoms in total. The molecule has 1 aliphatic rings. The fourth-order valence-corrected chi connectivity index (χ4v) is 4.55. The van der Waals surface area contributed by atoms with Gasteiger partial charge in [0.1, 0.15) is 0 Å². The van der Waals surface area contributed by atoms with E-state index in [4.69, 9.17) is 0 Å². The van der Waals surface area contributed by atoms with Gasteiger partial charge in [0, 0.05) is 34.6 Å². The van der Waals surface area contributed by atoms with Gasteiger partial charge in [-0.2, -0.15) is 0 Å². The summed E-state index contributed by atoms with van der Waals surface area (Å²) in [5.74, 6) is 0. The van der Waals surface area contributed by atoms with Crippen molar-refractivity contribution in [2.75, 3.05) is 11.4 Å². The molecule has 0 bridgehead atoms. The quantitative estimate of drug-likeness (QED) is 0.917. The molecule has 0 saturated carbocycles. The minimum Gasteiger partial charge on any atom is -0.341 e. The Bertz CT molecular complexity index is 609. The van der Waals surface area contributed by atoms with Crippen molar-refractivity contribution in [1.29, 1.82) is 0 Å². The summed E-state index contributed by atoms with van der Waals surface area (Å²) in [5.41, 5.74) is 1.63. The molecule has 114 valence electrons. The number of hydrogen-bond donors (Lipinski definition) is 1. The minimum atomic E-state index is 0.147. The second-order valence-electron chi connectivity index (χ2n) is 6.63. The Morgan fingerprint density at radius 1 is 1.43 bits per heavy atom. The summed E-state index contributed by atoms with van der Waals surface area (Å²) in [7, 11) is 0. The zero-order valence-electron chi connectivity index (χ0n) is 13.1. The van der Waals surface area contributed by atoms with E-state index in [0.29, 0.717) is 6.04 Å². The van der Waals surface area contributed by atoms with Crippen molar-refractivity contribution in [3.05, 3.63) is 33.0 Å². The summed E-state index contributed by atoms with van der Waals surface area (Å²) in [6.07, 6.45) is 3.17. The maximum atomic E-state index is 4.66. The maximum absolute atomic E-state index is 4.66. The lowest BCUT2D eigenvalue weighted by Crippen LogP contribution is -2.34. The van der Waals surface area contributed by atoms with Crippen molar-refractivity contribution in [1.82, 2.24) is 10.3 Å². The van der Waals surface area contributed by atoms with Crippen molar-refractivity contribution < 1.29 is 0 Å². The average molecular weight is 322 g/mol. The van der Waals surface area contributed by atoms with Crippen LogP contribution >= 0.6 is 22.7 Å². The largest absolute Gasteiger partial charge is 0.341 e. The Morgan fingerprint density at radius 2 is 2.24 bits per heavy atom. The minimum absolute atomic E-state index is 0.147. The van der Waals surface area contributed by atoms with E-state index in [-0.39, 0.29) is 5.54 Å². The van der Waals surface area contributed by atoms with E-state index in [9.17, 15) is 0 Å². The highest BCUT2D eigenvalue weighted by atomic mass is 32.1. The monoisotopic (exact) mass is 321 g/mol. The number of fused-ring (bicyclic) bond motifs is 1. The fraction of sp³-hybridized carbons (Fsp3) is 0.562. The van der Waals surface area contributed by atoms with Gasteiger partial charge in [-0.25, -0.2) is 4.98 Å². The van der Waals surface area contributed by atoms with E-state index in [1.807, 2.05) is 28.9 Å². The molecule has 3 heterocycles. The lowest BCUT2D eigenvalue weighted by molar-refractivity contribution is 0.426. The van der Waals surface area contributed by atoms with Gasteiger partial charge in [-0.05, 0) is 51.1 Å². The second-order valence-corrected chi connectivity index (χ2v) is 8.73. The smallest absolute Gasteiger partial charge is 0.186 e. The second kappa shape index (κ2) is 5.71. The van der Waals surface area contributed by atoms with Gasteiger partial charge in [-0.15, -0.1) is 22.7 Å². The van der Waals surface area contributed by atoms with Gasteiger partial charge in [-0.3, -0.25) is 0 Å². The molecule has 2 aromatic heterocycles. The van der Waals surface area contributed by atoms with Crippen LogP contribution in [0.5, 0.6) is 0 Å². The van der Waals surface area contributed by atoms with Crippen molar-refractivity contribution in [2.45, 2.75) is 52.2 Å². The van der Waals surface area contributed by atoms with Crippen LogP contribution in [0.25, 0.3) is 0 Å². The van der Waals surface area contributed by atoms with Crippen LogP contribution in [0.2, 0.25) is 0 Å². The molecule has 3 rings (SSSR count). The molecule has 5 heteroatoms. The molecule has 1 atom stereocenters. The predicted octanol–water partition coefficient (Wildman–Crippen LogP) is 4.22. The first kappa shape index (κ1) is 15.0. The van der Waals surface area contributed by atoms with Crippen LogP contribution in [0.3, 0.4) is 0 Å². The van der Waals surface area contributed by atoms with E-state index in [1.54, 1.807) is 4.88 Å². The van der Waals surface area contributed by atoms with E-state index in [0.717, 1.165) is 24.6 Å². The predicted molar refractivity (Wildman–Crippen MR) is 92.5 cm³/mol. The Balaban J connectivity index is 1.72. The molecule has 0 aliphatic carbocycles. The van der Waals surface area contributed by atoms with Crippen molar-refractivity contribution in [3.8, 4) is 0 Å². The number of hydrogen-bond acceptors (Lipinski definition) is 5. The number of anilines is 1. The molecular formula is C16H23N3S2. The third kappa shape index (κ3) is 3.30. The van der Waals surface area contributed by atoms with Gasteiger partial charge in [0.2, 0.25) is 0 Å². The summed E-state index contributed by atoms with van der Waals surface area (Å²) in [5, 5.41) is 6.90. The van der Waals surface area contributed by atoms with Crippen molar-refractivity contribution >= 4 is 27.8 Å². The molecule has 1 N–H and O–H groups in total. The third-order valence-electron chi connectivity index (χ3n) is 3.86. The fourth-order valence-electron chi connectivity index (χ4n) is 2.63. The zero-order valence-corrected chi connectivity index (χ0v) is 14.8. The molecular weight excluding hydrogens is 298 g/mol. The van der Waals surface area contributed by atoms with E-state index in [1.165, 1.54) is 10.4 Å². The van der Waals surface area contributed by atoms with Crippen LogP contribution in [-0.4, -0.2) is 17.1 Å². The lowest BCUT2D eigenvalue weighted by Gasteiger charge is -2.33. The van der Waals surface area contributed by atoms with Gasteiger partial charge in [0.15, 0.2) is 5.13 Å². The summed E-state index contributed by atoms with van der Waals surface area (Å²) >= 11 is 3.71. The molecule has 0 aromatic carbocycles. The first-order valence-electron chi connectivity index (χ1n) is 7.47. The first-order chi connectivity index (χ1) is 9.94. The number of nitrogens with one attached hydrogen (secondary N) is 1. The summed E-state index contributed by atoms with van der Waals surface area (Å²) in [6.45, 7) is 10.8. The highest BCUT2D eigenvalue weighted by molar-refractivity contribution is 7.15. The number of aromatic nitrogens is 1. The van der Waals surface area contributed by atoms with Crippen molar-refractivity contribution in [2.24, 2.45) is 0 Å². The van der Waals surface area contributed by atoms with Crippen LogP contribution < -0.4 is 10.2 Å². The van der Waals surface area contributed by atoms with Crippen LogP contribution in [-0.2, 0) is 13.0 Å². The van der Waals surface area contributed by atoms with E-state index in [2.05, 4.69) is 54.3 Å². The maximum Gasteiger partial charge on any atom is 0.186 e. The SMILES string of the molecule is CC1c2ccsc2CCN1c1ncc(CNC(C)(C)C)s1. The molecule has 1 aliphatic heterocycles. The Hall–Kier alpha value is -0.910. The Kier molecular flexibility index (Phi) is 4.08. The third-order valence-corrected chi connectivity index (χ3v) is 5.89. The summed E-state index contributed by atoms with van der Waals surface area (Å²) in [4.78, 5) is 9.96. The number of thiophene rings is 1. The first-order valence-corrected chi connectivity index (χ1v) is 9.16. The zero-order chi connectivity index (χ0) is 15.0. The number of nitrogens with zero attached hydrogens (tertiary/aromatic N) is 2. The van der Waals surface area contributed by atoms with Gasteiger partial charge in [0.05, 0.1) is 6.04 Å². The molecule has 1 unspecified atom stereocenters. The highest BCUT2D eigenvalue weighted by Gasteiger charge is 2.26. The molecule has 0 amide bonds. The molecule has 0 radical (unpaired) electrons. The Labute approximate surface area is 135 Å². The topological polar surface area (TPSA) is 28.2 Å². The standard InChI is InChI=1S/C16H23N3S2/c1-11-13-6-8-20-14(13)5-7-19(11)15-17-9-12(21-15)10-18-16(2,3)4/h6,8-9,11,18H,5,7,10H2,1-4H3. The number of thiazole rings is 1. The summed E-state index contributed by atoms with van der Waals surface area (Å²) in [6, 6.07) is 2.71. The van der Waals surface area contributed by atoms with Crippen LogP contribution in [0.1, 0.15) is 49.1 Å². The molecule has 0 saturated heterocycles. The molecule has 21 heavy (non-hydrogen) atoms. The van der Waals surface area contributed by atoms with E-state index < -0.39 is 0 Å². The van der Waals surface area contributed by atoms with Crippen molar-refractivity contribution in [3.63, 3.8) is 0 Å². The van der Waals surface area contributed by atoms with E-state index >= 15 is 0 Å².